The minimum Gasteiger partial charge on any atom is -0.469 e. The fourth-order valence-corrected chi connectivity index (χ4v) is 2.39. The van der Waals surface area contributed by atoms with Gasteiger partial charge in [-0.1, -0.05) is 13.8 Å². The van der Waals surface area contributed by atoms with Gasteiger partial charge in [0.15, 0.2) is 0 Å². The summed E-state index contributed by atoms with van der Waals surface area (Å²) in [5.41, 5.74) is 1.75. The summed E-state index contributed by atoms with van der Waals surface area (Å²) < 4.78 is 4.89. The number of carbonyl (C=O) groups is 1. The van der Waals surface area contributed by atoms with E-state index in [9.17, 15) is 25.0 Å². The van der Waals surface area contributed by atoms with Crippen LogP contribution in [0.4, 0.5) is 17.1 Å². The van der Waals surface area contributed by atoms with Crippen molar-refractivity contribution in [2.45, 2.75) is 40.5 Å². The van der Waals surface area contributed by atoms with E-state index in [-0.39, 0.29) is 23.3 Å². The number of carbonyl (C=O) groups excluding carboxylic acids is 1. The van der Waals surface area contributed by atoms with Crippen molar-refractivity contribution in [2.24, 2.45) is 16.4 Å². The molecule has 0 fully saturated rings. The molecule has 0 aliphatic rings. The van der Waals surface area contributed by atoms with E-state index < -0.39 is 20.9 Å². The molecule has 0 aliphatic carbocycles. The highest BCUT2D eigenvalue weighted by atomic mass is 16.6. The molecule has 0 unspecified atom stereocenters. The number of anilines is 1. The second kappa shape index (κ2) is 9.06. The van der Waals surface area contributed by atoms with Crippen molar-refractivity contribution in [3.63, 3.8) is 0 Å². The third-order valence-corrected chi connectivity index (χ3v) is 4.69. The Morgan fingerprint density at radius 2 is 1.93 bits per heavy atom. The van der Waals surface area contributed by atoms with Gasteiger partial charge < -0.3 is 4.74 Å². The Hall–Kier alpha value is -3.04. The Balaban J connectivity index is 2.92. The van der Waals surface area contributed by atoms with E-state index in [0.717, 1.165) is 12.1 Å². The lowest BCUT2D eigenvalue weighted by Gasteiger charge is -2.30. The minimum absolute atomic E-state index is 0.0459. The Bertz CT molecular complexity index is 762. The lowest BCUT2D eigenvalue weighted by Crippen LogP contribution is -2.34. The van der Waals surface area contributed by atoms with Gasteiger partial charge in [-0.05, 0) is 38.7 Å². The van der Waals surface area contributed by atoms with Crippen molar-refractivity contribution in [3.05, 3.63) is 38.4 Å². The number of nitro benzene ring substituents is 2. The van der Waals surface area contributed by atoms with Crippen molar-refractivity contribution in [1.82, 2.24) is 0 Å². The van der Waals surface area contributed by atoms with E-state index in [1.54, 1.807) is 6.92 Å². The summed E-state index contributed by atoms with van der Waals surface area (Å²) in [5.74, 6) is -0.245. The van der Waals surface area contributed by atoms with Crippen LogP contribution in [0.1, 0.15) is 40.5 Å². The predicted molar refractivity (Wildman–Crippen MR) is 101 cm³/mol. The molecular formula is C17H24N4O6. The number of hydrogen-bond acceptors (Lipinski definition) is 8. The molecule has 1 rings (SSSR count). The normalized spacial score (nSPS) is 13.8. The Morgan fingerprint density at radius 1 is 1.30 bits per heavy atom. The van der Waals surface area contributed by atoms with Crippen LogP contribution in [0.5, 0.6) is 0 Å². The number of nitrogens with zero attached hydrogens (tertiary/aromatic N) is 3. The van der Waals surface area contributed by atoms with E-state index in [0.29, 0.717) is 18.6 Å². The number of non-ortho nitro benzene ring substituents is 1. The summed E-state index contributed by atoms with van der Waals surface area (Å²) >= 11 is 0. The van der Waals surface area contributed by atoms with Crippen LogP contribution >= 0.6 is 0 Å². The third-order valence-electron chi connectivity index (χ3n) is 4.69. The van der Waals surface area contributed by atoms with Crippen LogP contribution in [0.3, 0.4) is 0 Å². The Labute approximate surface area is 156 Å². The zero-order chi connectivity index (χ0) is 20.8. The highest BCUT2D eigenvalue weighted by molar-refractivity contribution is 5.84. The zero-order valence-corrected chi connectivity index (χ0v) is 16.0. The molecule has 10 nitrogen and oxygen atoms in total. The molecule has 1 atom stereocenters. The van der Waals surface area contributed by atoms with Gasteiger partial charge in [0.25, 0.3) is 5.69 Å². The third kappa shape index (κ3) is 5.47. The zero-order valence-electron chi connectivity index (χ0n) is 16.0. The summed E-state index contributed by atoms with van der Waals surface area (Å²) in [6, 6.07) is 3.27. The van der Waals surface area contributed by atoms with Crippen LogP contribution in [0.25, 0.3) is 0 Å². The van der Waals surface area contributed by atoms with Crippen LogP contribution in [0, 0.1) is 31.6 Å². The quantitative estimate of drug-likeness (QED) is 0.297. The molecule has 1 N–H and O–H groups in total. The lowest BCUT2D eigenvalue weighted by atomic mass is 9.75. The molecule has 1 aromatic rings. The molecule has 0 aliphatic heterocycles. The van der Waals surface area contributed by atoms with Gasteiger partial charge in [0.2, 0.25) is 0 Å². The summed E-state index contributed by atoms with van der Waals surface area (Å²) in [4.78, 5) is 32.5. The monoisotopic (exact) mass is 380 g/mol. The first-order valence-electron chi connectivity index (χ1n) is 8.33. The second-order valence-corrected chi connectivity index (χ2v) is 6.74. The molecule has 0 aromatic heterocycles. The first-order valence-corrected chi connectivity index (χ1v) is 8.33. The molecule has 27 heavy (non-hydrogen) atoms. The van der Waals surface area contributed by atoms with Gasteiger partial charge >= 0.3 is 11.7 Å². The Morgan fingerprint density at radius 3 is 2.41 bits per heavy atom. The average molecular weight is 380 g/mol. The summed E-state index contributed by atoms with van der Waals surface area (Å²) in [6.45, 7) is 7.41. The van der Waals surface area contributed by atoms with Gasteiger partial charge in [-0.2, -0.15) is 5.10 Å². The highest BCUT2D eigenvalue weighted by Gasteiger charge is 2.37. The van der Waals surface area contributed by atoms with Crippen molar-refractivity contribution < 1.29 is 19.4 Å². The highest BCUT2D eigenvalue weighted by Crippen LogP contribution is 2.34. The average Bonchev–Trinajstić information content (AvgIpc) is 2.62. The lowest BCUT2D eigenvalue weighted by molar-refractivity contribution is -0.393. The number of nitrogens with one attached hydrogen (secondary N) is 1. The van der Waals surface area contributed by atoms with Gasteiger partial charge in [-0.15, -0.1) is 0 Å². The topological polar surface area (TPSA) is 137 Å². The largest absolute Gasteiger partial charge is 0.469 e. The van der Waals surface area contributed by atoms with Gasteiger partial charge in [0, 0.05) is 11.8 Å². The number of esters is 1. The van der Waals surface area contributed by atoms with Crippen molar-refractivity contribution in [1.29, 1.82) is 0 Å². The summed E-state index contributed by atoms with van der Waals surface area (Å²) in [7, 11) is 1.35. The van der Waals surface area contributed by atoms with Crippen LogP contribution in [-0.2, 0) is 9.53 Å². The van der Waals surface area contributed by atoms with E-state index in [1.807, 2.05) is 20.8 Å². The van der Waals surface area contributed by atoms with Crippen LogP contribution in [-0.4, -0.2) is 28.6 Å². The van der Waals surface area contributed by atoms with E-state index >= 15 is 0 Å². The fourth-order valence-electron chi connectivity index (χ4n) is 2.39. The van der Waals surface area contributed by atoms with E-state index in [4.69, 9.17) is 4.74 Å². The number of hydrogen-bond donors (Lipinski definition) is 1. The minimum atomic E-state index is -0.715. The SMILES string of the molecule is COC(=O)[C@](C)(CC/C(C)=N/Nc1ccc([N+](=O)[O-])cc1[N+](=O)[O-])C(C)C. The van der Waals surface area contributed by atoms with E-state index in [1.165, 1.54) is 13.2 Å². The second-order valence-electron chi connectivity index (χ2n) is 6.74. The number of nitro groups is 2. The van der Waals surface area contributed by atoms with Crippen molar-refractivity contribution in [3.8, 4) is 0 Å². The molecular weight excluding hydrogens is 356 g/mol. The number of methoxy groups -OCH3 is 1. The molecule has 0 bridgehead atoms. The van der Waals surface area contributed by atoms with Crippen LogP contribution < -0.4 is 5.43 Å². The van der Waals surface area contributed by atoms with Gasteiger partial charge in [0.1, 0.15) is 5.69 Å². The molecule has 1 aromatic carbocycles. The molecule has 0 saturated carbocycles. The molecule has 0 amide bonds. The molecule has 0 saturated heterocycles. The van der Waals surface area contributed by atoms with Gasteiger partial charge in [-0.25, -0.2) is 0 Å². The maximum Gasteiger partial charge on any atom is 0.311 e. The van der Waals surface area contributed by atoms with Gasteiger partial charge in [0.05, 0.1) is 28.4 Å². The smallest absolute Gasteiger partial charge is 0.311 e. The van der Waals surface area contributed by atoms with Gasteiger partial charge in [-0.3, -0.25) is 30.4 Å². The fraction of sp³-hybridized carbons (Fsp3) is 0.529. The molecule has 10 heteroatoms. The van der Waals surface area contributed by atoms with Crippen molar-refractivity contribution in [2.75, 3.05) is 12.5 Å². The Kier molecular flexibility index (Phi) is 7.38. The maximum absolute atomic E-state index is 12.1. The number of rotatable bonds is 9. The first kappa shape index (κ1) is 22.0. The standard InChI is InChI=1S/C17H24N4O6/c1-11(2)17(4,16(22)27-5)9-8-12(3)18-19-14-7-6-13(20(23)24)10-15(14)21(25)26/h6-7,10-11,19H,8-9H2,1-5H3/b18-12+/t17-/m1/s1. The number of ether oxygens (including phenoxy) is 1. The summed E-state index contributed by atoms with van der Waals surface area (Å²) in [5, 5.41) is 26.0. The molecule has 0 radical (unpaired) electrons. The summed E-state index contributed by atoms with van der Waals surface area (Å²) in [6.07, 6.45) is 0.967. The maximum atomic E-state index is 12.1. The molecule has 0 spiro atoms. The van der Waals surface area contributed by atoms with Crippen molar-refractivity contribution >= 4 is 28.7 Å². The predicted octanol–water partition coefficient (Wildman–Crippen LogP) is 3.91. The van der Waals surface area contributed by atoms with E-state index in [2.05, 4.69) is 10.5 Å². The number of benzene rings is 1. The number of hydrazone groups is 1. The van der Waals surface area contributed by atoms with Crippen LogP contribution in [0.15, 0.2) is 23.3 Å². The first-order chi connectivity index (χ1) is 12.5. The van der Waals surface area contributed by atoms with Crippen LogP contribution in [0.2, 0.25) is 0 Å². The molecule has 148 valence electrons. The molecule has 0 heterocycles.